The van der Waals surface area contributed by atoms with Crippen molar-refractivity contribution in [2.75, 3.05) is 0 Å². The number of hydrogen-bond donors (Lipinski definition) is 0. The molecule has 0 saturated heterocycles. The zero-order valence-electron chi connectivity index (χ0n) is 3.09. The third kappa shape index (κ3) is 26.5. The standard InChI is InChI=1S/Al.4ClH.K/h;4*1H;/q+3;;;;;+1/p-4. The molecule has 6 heavy (non-hydrogen) atoms. The van der Waals surface area contributed by atoms with Crippen molar-refractivity contribution in [2.24, 2.45) is 0 Å². The van der Waals surface area contributed by atoms with E-state index in [1.54, 1.807) is 0 Å². The monoisotopic (exact) mass is 206 g/mol. The molecule has 0 aliphatic carbocycles. The molecule has 0 amide bonds. The Bertz CT molecular complexity index is 12.3. The summed E-state index contributed by atoms with van der Waals surface area (Å²) in [5.74, 6) is 0. The molecule has 0 rings (SSSR count). The average Bonchev–Trinajstić information content (AvgIpc) is 0.811. The third-order valence-corrected chi connectivity index (χ3v) is 0. The fourth-order valence-corrected chi connectivity index (χ4v) is 0. The van der Waals surface area contributed by atoms with Crippen molar-refractivity contribution < 1.29 is 63.8 Å². The van der Waals surface area contributed by atoms with E-state index in [1.807, 2.05) is 0 Å². The molecule has 0 aliphatic rings. The van der Waals surface area contributed by atoms with Crippen molar-refractivity contribution in [2.45, 2.75) is 0 Å². The van der Waals surface area contributed by atoms with Crippen molar-refractivity contribution in [3.8, 4) is 0 Å². The summed E-state index contributed by atoms with van der Waals surface area (Å²) in [4.78, 5) is 0. The number of hydrogen-bond acceptors (Lipinski definition) is 0. The van der Waals surface area contributed by atoms with Gasteiger partial charge in [0.1, 0.15) is 0 Å². The SMILES string of the molecule is [Cl-].[Cl][Al]([Cl])[Cl].[K+]. The van der Waals surface area contributed by atoms with Crippen LogP contribution in [0.2, 0.25) is 0 Å². The quantitative estimate of drug-likeness (QED) is 0.353. The van der Waals surface area contributed by atoms with E-state index in [1.165, 1.54) is 0 Å². The van der Waals surface area contributed by atoms with Gasteiger partial charge in [0.2, 0.25) is 0 Å². The molecule has 0 radical (unpaired) electrons. The molecule has 0 saturated carbocycles. The molecule has 6 heteroatoms. The largest absolute Gasteiger partial charge is 1.00 e. The summed E-state index contributed by atoms with van der Waals surface area (Å²) in [6, 6.07) is 0. The van der Waals surface area contributed by atoms with Gasteiger partial charge in [-0.25, -0.2) is 30.1 Å². The second-order valence-corrected chi connectivity index (χ2v) is 6.68. The molecular formula is AlCl4K. The van der Waals surface area contributed by atoms with Crippen LogP contribution in [0.25, 0.3) is 0 Å². The zero-order valence-corrected chi connectivity index (χ0v) is 10.4. The number of rotatable bonds is 0. The molecule has 32 valence electrons. The maximum absolute atomic E-state index is 4.94. The van der Waals surface area contributed by atoms with E-state index in [-0.39, 0.29) is 63.8 Å². The van der Waals surface area contributed by atoms with E-state index in [0.717, 1.165) is 0 Å². The minimum atomic E-state index is -1.72. The Kier molecular flexibility index (Phi) is 30.1. The van der Waals surface area contributed by atoms with Gasteiger partial charge in [-0.1, -0.05) is 0 Å². The first-order valence-corrected chi connectivity index (χ1v) is 5.89. The van der Waals surface area contributed by atoms with Crippen LogP contribution in [0.1, 0.15) is 0 Å². The Labute approximate surface area is 103 Å². The first-order chi connectivity index (χ1) is 1.73. The van der Waals surface area contributed by atoms with Gasteiger partial charge in [0.05, 0.1) is 0 Å². The summed E-state index contributed by atoms with van der Waals surface area (Å²) in [5, 5.41) is 0. The van der Waals surface area contributed by atoms with Crippen molar-refractivity contribution >= 4 is 41.5 Å². The molecule has 0 aromatic carbocycles. The van der Waals surface area contributed by atoms with Crippen LogP contribution in [0.4, 0.5) is 0 Å². The molecule has 0 unspecified atom stereocenters. The van der Waals surface area contributed by atoms with Gasteiger partial charge in [0.15, 0.2) is 0 Å². The average molecular weight is 208 g/mol. The van der Waals surface area contributed by atoms with E-state index in [0.29, 0.717) is 0 Å². The summed E-state index contributed by atoms with van der Waals surface area (Å²) in [5.41, 5.74) is 0. The van der Waals surface area contributed by atoms with Crippen LogP contribution in [-0.4, -0.2) is 11.4 Å². The fraction of sp³-hybridized carbons (Fsp3) is 0. The Morgan fingerprint density at radius 3 is 1.00 bits per heavy atom. The minimum Gasteiger partial charge on any atom is -1.00 e. The Morgan fingerprint density at radius 2 is 1.00 bits per heavy atom. The first kappa shape index (κ1) is 16.2. The van der Waals surface area contributed by atoms with Gasteiger partial charge in [-0.2, -0.15) is 0 Å². The molecule has 0 spiro atoms. The summed E-state index contributed by atoms with van der Waals surface area (Å²) in [6.45, 7) is 0. The molecular weight excluding hydrogens is 208 g/mol. The predicted molar refractivity (Wildman–Crippen MR) is 23.3 cm³/mol. The van der Waals surface area contributed by atoms with E-state index in [2.05, 4.69) is 0 Å². The van der Waals surface area contributed by atoms with Crippen LogP contribution in [0.15, 0.2) is 0 Å². The topological polar surface area (TPSA) is 0 Å². The summed E-state index contributed by atoms with van der Waals surface area (Å²) in [6.07, 6.45) is 0. The fourth-order valence-electron chi connectivity index (χ4n) is 0. The van der Waals surface area contributed by atoms with Crippen LogP contribution < -0.4 is 63.8 Å². The van der Waals surface area contributed by atoms with E-state index >= 15 is 0 Å². The first-order valence-electron chi connectivity index (χ1n) is 0.655. The Balaban J connectivity index is -0.0000000450. The van der Waals surface area contributed by atoms with Crippen LogP contribution in [0, 0.1) is 0 Å². The molecule has 0 heterocycles. The molecule has 0 atom stereocenters. The van der Waals surface area contributed by atoms with Gasteiger partial charge in [-0.15, -0.1) is 0 Å². The summed E-state index contributed by atoms with van der Waals surface area (Å²) in [7, 11) is 14.8. The van der Waals surface area contributed by atoms with Crippen LogP contribution >= 0.6 is 30.1 Å². The van der Waals surface area contributed by atoms with Crippen LogP contribution in [0.5, 0.6) is 0 Å². The van der Waals surface area contributed by atoms with Gasteiger partial charge >= 0.3 is 62.8 Å². The molecule has 0 nitrogen and oxygen atoms in total. The molecule has 0 bridgehead atoms. The van der Waals surface area contributed by atoms with Gasteiger partial charge in [0, 0.05) is 0 Å². The number of halogens is 4. The molecule has 0 aromatic rings. The molecule has 0 aliphatic heterocycles. The smallest absolute Gasteiger partial charge is 1.00 e. The van der Waals surface area contributed by atoms with Gasteiger partial charge < -0.3 is 12.4 Å². The van der Waals surface area contributed by atoms with Gasteiger partial charge in [-0.05, 0) is 0 Å². The van der Waals surface area contributed by atoms with E-state index in [9.17, 15) is 0 Å². The maximum atomic E-state index is 4.94. The zero-order chi connectivity index (χ0) is 3.58. The third-order valence-electron chi connectivity index (χ3n) is 0. The van der Waals surface area contributed by atoms with E-state index in [4.69, 9.17) is 30.1 Å². The second kappa shape index (κ2) is 11.2. The Hall–Kier alpha value is 3.33. The van der Waals surface area contributed by atoms with Crippen molar-refractivity contribution in [1.29, 1.82) is 0 Å². The minimum absolute atomic E-state index is 0. The van der Waals surface area contributed by atoms with Crippen molar-refractivity contribution in [3.05, 3.63) is 0 Å². The molecule has 0 N–H and O–H groups in total. The van der Waals surface area contributed by atoms with Gasteiger partial charge in [0.25, 0.3) is 0 Å². The Morgan fingerprint density at radius 1 is 1.00 bits per heavy atom. The maximum Gasteiger partial charge on any atom is 1.00 e. The van der Waals surface area contributed by atoms with Crippen LogP contribution in [0.3, 0.4) is 0 Å². The second-order valence-electron chi connectivity index (χ2n) is 0.247. The summed E-state index contributed by atoms with van der Waals surface area (Å²) < 4.78 is 0. The van der Waals surface area contributed by atoms with Crippen molar-refractivity contribution in [3.63, 3.8) is 0 Å². The predicted octanol–water partition coefficient (Wildman–Crippen LogP) is -4.30. The van der Waals surface area contributed by atoms with Crippen molar-refractivity contribution in [1.82, 2.24) is 0 Å². The van der Waals surface area contributed by atoms with Gasteiger partial charge in [-0.3, -0.25) is 0 Å². The van der Waals surface area contributed by atoms with Crippen LogP contribution in [-0.2, 0) is 0 Å². The normalized spacial score (nSPS) is 4.50. The summed E-state index contributed by atoms with van der Waals surface area (Å²) >= 11 is -1.72. The molecule has 0 fully saturated rings. The van der Waals surface area contributed by atoms with E-state index < -0.39 is 11.4 Å². The molecule has 0 aromatic heterocycles.